The average Bonchev–Trinajstić information content (AvgIpc) is 3.55. The number of anilines is 1. The van der Waals surface area contributed by atoms with Crippen LogP contribution in [0.5, 0.6) is 0 Å². The summed E-state index contributed by atoms with van der Waals surface area (Å²) in [6.07, 6.45) is -3.00. The van der Waals surface area contributed by atoms with Crippen LogP contribution in [-0.2, 0) is 17.8 Å². The molecule has 1 aliphatic heterocycles. The van der Waals surface area contributed by atoms with E-state index in [1.807, 2.05) is 24.4 Å². The molecule has 4 aromatic rings. The molecule has 14 heteroatoms. The number of tetrazole rings is 1. The van der Waals surface area contributed by atoms with Crippen LogP contribution in [0.25, 0.3) is 11.2 Å². The Morgan fingerprint density at radius 2 is 2.16 bits per heavy atom. The fourth-order valence-electron chi connectivity index (χ4n) is 3.39. The van der Waals surface area contributed by atoms with Crippen LogP contribution in [0.15, 0.2) is 23.8 Å². The number of hydrogen-bond acceptors (Lipinski definition) is 11. The number of aliphatic hydroxyl groups is 2. The van der Waals surface area contributed by atoms with E-state index >= 15 is 0 Å². The molecule has 162 valence electrons. The molecular weight excluding hydrogens is 446 g/mol. The van der Waals surface area contributed by atoms with E-state index in [1.165, 1.54) is 15.7 Å². The number of nitrogens with one attached hydrogen (secondary N) is 1. The number of nitrogens with zero attached hydrogens (tertiary/aromatic N) is 8. The van der Waals surface area contributed by atoms with E-state index in [2.05, 4.69) is 35.7 Å². The van der Waals surface area contributed by atoms with Gasteiger partial charge in [0.2, 0.25) is 11.1 Å². The molecule has 0 saturated carbocycles. The third-order valence-corrected chi connectivity index (χ3v) is 5.97. The van der Waals surface area contributed by atoms with Crippen LogP contribution < -0.4 is 5.32 Å². The van der Waals surface area contributed by atoms with Crippen molar-refractivity contribution in [2.45, 2.75) is 44.6 Å². The van der Waals surface area contributed by atoms with E-state index in [4.69, 9.17) is 16.3 Å². The Labute approximate surface area is 184 Å². The molecule has 1 aliphatic rings. The number of thiophene rings is 1. The van der Waals surface area contributed by atoms with Crippen molar-refractivity contribution >= 4 is 39.9 Å². The molecule has 3 N–H and O–H groups in total. The van der Waals surface area contributed by atoms with Gasteiger partial charge in [-0.15, -0.1) is 21.5 Å². The molecule has 5 heterocycles. The van der Waals surface area contributed by atoms with Crippen LogP contribution in [0.1, 0.15) is 30.0 Å². The zero-order valence-corrected chi connectivity index (χ0v) is 17.8. The van der Waals surface area contributed by atoms with Crippen molar-refractivity contribution in [2.75, 3.05) is 5.32 Å². The van der Waals surface area contributed by atoms with E-state index in [0.717, 1.165) is 4.88 Å². The van der Waals surface area contributed by atoms with Gasteiger partial charge >= 0.3 is 0 Å². The Hall–Kier alpha value is -2.71. The number of ether oxygens (including phenoxy) is 1. The van der Waals surface area contributed by atoms with Gasteiger partial charge in [-0.1, -0.05) is 6.07 Å². The zero-order valence-electron chi connectivity index (χ0n) is 16.2. The summed E-state index contributed by atoms with van der Waals surface area (Å²) in [5.74, 6) is 0.644. The molecule has 0 bridgehead atoms. The van der Waals surface area contributed by atoms with Gasteiger partial charge in [-0.25, -0.2) is 4.98 Å². The van der Waals surface area contributed by atoms with Crippen LogP contribution >= 0.6 is 22.9 Å². The van der Waals surface area contributed by atoms with Gasteiger partial charge in [-0.05, 0) is 35.2 Å². The van der Waals surface area contributed by atoms with E-state index in [0.29, 0.717) is 30.1 Å². The fraction of sp³-hybridized carbons (Fsp3) is 0.412. The monoisotopic (exact) mass is 463 g/mol. The summed E-state index contributed by atoms with van der Waals surface area (Å²) in [5.41, 5.74) is 0.820. The standard InChI is InChI=1S/C17H18ClN9O3S/c1-2-27-24-14(23-25-27)12-10(28)11(29)16(30-12)26-7-20-9-13(21-17(18)22-15(9)26)19-6-8-4-3-5-31-8/h3-5,7,10-12,16,28-29H,2,6H2,1H3,(H,19,21,22)/t10-,11+,12-,16+/m0/s1. The quantitative estimate of drug-likeness (QED) is 0.355. The molecule has 4 aromatic heterocycles. The summed E-state index contributed by atoms with van der Waals surface area (Å²) in [4.78, 5) is 15.4. The maximum Gasteiger partial charge on any atom is 0.226 e. The van der Waals surface area contributed by atoms with E-state index in [1.54, 1.807) is 11.3 Å². The van der Waals surface area contributed by atoms with Crippen LogP contribution in [-0.4, -0.2) is 62.1 Å². The lowest BCUT2D eigenvalue weighted by Crippen LogP contribution is -2.29. The minimum absolute atomic E-state index is 0.0140. The highest BCUT2D eigenvalue weighted by Crippen LogP contribution is 2.39. The summed E-state index contributed by atoms with van der Waals surface area (Å²) >= 11 is 7.76. The minimum atomic E-state index is -1.27. The van der Waals surface area contributed by atoms with Gasteiger partial charge in [-0.3, -0.25) is 4.57 Å². The molecule has 0 spiro atoms. The van der Waals surface area contributed by atoms with E-state index < -0.39 is 24.5 Å². The van der Waals surface area contributed by atoms with Crippen molar-refractivity contribution in [1.82, 2.24) is 39.7 Å². The lowest BCUT2D eigenvalue weighted by Gasteiger charge is -2.16. The lowest BCUT2D eigenvalue weighted by molar-refractivity contribution is -0.0384. The van der Waals surface area contributed by atoms with Gasteiger partial charge < -0.3 is 20.3 Å². The van der Waals surface area contributed by atoms with Gasteiger partial charge in [-0.2, -0.15) is 14.8 Å². The SMILES string of the molecule is CCn1nnc([C@H]2O[C@@H](n3cnc4c(NCc5cccs5)nc(Cl)nc43)[C@H](O)[C@@H]2O)n1. The molecule has 0 unspecified atom stereocenters. The highest BCUT2D eigenvalue weighted by atomic mass is 35.5. The molecule has 12 nitrogen and oxygen atoms in total. The number of aromatic nitrogens is 8. The second-order valence-electron chi connectivity index (χ2n) is 6.86. The van der Waals surface area contributed by atoms with Gasteiger partial charge in [0.05, 0.1) is 19.4 Å². The lowest BCUT2D eigenvalue weighted by atomic mass is 10.1. The number of aryl methyl sites for hydroxylation is 1. The Kier molecular flexibility index (Phi) is 5.27. The molecule has 0 aromatic carbocycles. The molecule has 1 fully saturated rings. The van der Waals surface area contributed by atoms with Crippen LogP contribution in [0, 0.1) is 0 Å². The largest absolute Gasteiger partial charge is 0.387 e. The van der Waals surface area contributed by atoms with Crippen molar-refractivity contribution < 1.29 is 14.9 Å². The first-order valence-corrected chi connectivity index (χ1v) is 10.8. The van der Waals surface area contributed by atoms with Gasteiger partial charge in [0, 0.05) is 4.88 Å². The van der Waals surface area contributed by atoms with Crippen molar-refractivity contribution in [1.29, 1.82) is 0 Å². The molecule has 31 heavy (non-hydrogen) atoms. The number of rotatable bonds is 6. The van der Waals surface area contributed by atoms with Gasteiger partial charge in [0.25, 0.3) is 0 Å². The second-order valence-corrected chi connectivity index (χ2v) is 8.23. The third-order valence-electron chi connectivity index (χ3n) is 4.92. The minimum Gasteiger partial charge on any atom is -0.387 e. The summed E-state index contributed by atoms with van der Waals surface area (Å²) in [7, 11) is 0. The summed E-state index contributed by atoms with van der Waals surface area (Å²) in [5, 5.41) is 38.4. The smallest absolute Gasteiger partial charge is 0.226 e. The van der Waals surface area contributed by atoms with Crippen molar-refractivity contribution in [3.63, 3.8) is 0 Å². The zero-order chi connectivity index (χ0) is 21.5. The summed E-state index contributed by atoms with van der Waals surface area (Å²) < 4.78 is 7.41. The number of hydrogen-bond donors (Lipinski definition) is 3. The average molecular weight is 464 g/mol. The predicted octanol–water partition coefficient (Wildman–Crippen LogP) is 1.15. The van der Waals surface area contributed by atoms with Gasteiger partial charge in [0.15, 0.2) is 29.3 Å². The summed E-state index contributed by atoms with van der Waals surface area (Å²) in [6.45, 7) is 2.93. The Morgan fingerprint density at radius 3 is 2.90 bits per heavy atom. The van der Waals surface area contributed by atoms with Crippen molar-refractivity contribution in [2.24, 2.45) is 0 Å². The van der Waals surface area contributed by atoms with Crippen molar-refractivity contribution in [3.8, 4) is 0 Å². The van der Waals surface area contributed by atoms with Crippen LogP contribution in [0.2, 0.25) is 5.28 Å². The number of fused-ring (bicyclic) bond motifs is 1. The first kappa shape index (κ1) is 20.2. The molecule has 1 saturated heterocycles. The van der Waals surface area contributed by atoms with Crippen LogP contribution in [0.3, 0.4) is 0 Å². The first-order chi connectivity index (χ1) is 15.0. The molecule has 4 atom stereocenters. The second kappa shape index (κ2) is 8.09. The normalized spacial score (nSPS) is 23.6. The highest BCUT2D eigenvalue weighted by molar-refractivity contribution is 7.09. The van der Waals surface area contributed by atoms with Gasteiger partial charge in [0.1, 0.15) is 12.2 Å². The fourth-order valence-corrected chi connectivity index (χ4v) is 4.20. The Balaban J connectivity index is 1.45. The third kappa shape index (κ3) is 3.64. The molecule has 0 radical (unpaired) electrons. The molecular formula is C17H18ClN9O3S. The number of aliphatic hydroxyl groups excluding tert-OH is 2. The predicted molar refractivity (Wildman–Crippen MR) is 110 cm³/mol. The topological polar surface area (TPSA) is 149 Å². The number of imidazole rings is 1. The Morgan fingerprint density at radius 1 is 1.29 bits per heavy atom. The molecule has 0 aliphatic carbocycles. The molecule has 0 amide bonds. The van der Waals surface area contributed by atoms with Crippen LogP contribution in [0.4, 0.5) is 5.82 Å². The maximum absolute atomic E-state index is 10.7. The Bertz CT molecular complexity index is 1200. The van der Waals surface area contributed by atoms with E-state index in [9.17, 15) is 10.2 Å². The van der Waals surface area contributed by atoms with E-state index in [-0.39, 0.29) is 11.1 Å². The highest BCUT2D eigenvalue weighted by Gasteiger charge is 2.47. The summed E-state index contributed by atoms with van der Waals surface area (Å²) in [6, 6.07) is 3.97. The maximum atomic E-state index is 10.7. The number of halogens is 1. The van der Waals surface area contributed by atoms with Crippen molar-refractivity contribution in [3.05, 3.63) is 39.8 Å². The molecule has 5 rings (SSSR count). The first-order valence-electron chi connectivity index (χ1n) is 9.50.